The topological polar surface area (TPSA) is 58.4 Å². The lowest BCUT2D eigenvalue weighted by molar-refractivity contribution is -0.119. The summed E-state index contributed by atoms with van der Waals surface area (Å²) in [5, 5.41) is 3.15. The van der Waals surface area contributed by atoms with Crippen LogP contribution in [0.2, 0.25) is 0 Å². The van der Waals surface area contributed by atoms with Crippen LogP contribution in [0.1, 0.15) is 31.7 Å². The minimum Gasteiger partial charge on any atom is -0.368 e. The van der Waals surface area contributed by atoms with Gasteiger partial charge < -0.3 is 16.0 Å². The fourth-order valence-electron chi connectivity index (χ4n) is 2.76. The van der Waals surface area contributed by atoms with Crippen LogP contribution in [0, 0.1) is 5.82 Å². The second-order valence-electron chi connectivity index (χ2n) is 5.13. The molecule has 0 aliphatic carbocycles. The van der Waals surface area contributed by atoms with E-state index in [1.165, 1.54) is 6.07 Å². The Balaban J connectivity index is 2.34. The number of primary amides is 1. The second-order valence-corrected chi connectivity index (χ2v) is 5.13. The molecule has 0 aromatic heterocycles. The number of nitrogens with one attached hydrogen (secondary N) is 1. The number of rotatable bonds is 5. The van der Waals surface area contributed by atoms with Gasteiger partial charge in [-0.3, -0.25) is 4.79 Å². The first-order chi connectivity index (χ1) is 9.65. The molecule has 1 aromatic rings. The number of piperidine rings is 1. The molecule has 110 valence electrons. The molecule has 0 radical (unpaired) electrons. The van der Waals surface area contributed by atoms with Crippen molar-refractivity contribution < 1.29 is 9.18 Å². The first-order valence-electron chi connectivity index (χ1n) is 7.19. The van der Waals surface area contributed by atoms with Crippen molar-refractivity contribution in [3.8, 4) is 0 Å². The number of benzene rings is 1. The summed E-state index contributed by atoms with van der Waals surface area (Å²) in [6.45, 7) is 3.96. The normalized spacial score (nSPS) is 19.1. The maximum atomic E-state index is 14.1. The Morgan fingerprint density at radius 2 is 2.30 bits per heavy atom. The van der Waals surface area contributed by atoms with E-state index in [1.807, 2.05) is 17.9 Å². The molecule has 1 aliphatic rings. The Kier molecular flexibility index (Phi) is 4.95. The minimum atomic E-state index is -0.330. The predicted octanol–water partition coefficient (Wildman–Crippen LogP) is 1.78. The van der Waals surface area contributed by atoms with Gasteiger partial charge in [-0.15, -0.1) is 0 Å². The standard InChI is InChI=1S/C15H22FN3O/c1-2-18-10-11-12(16)6-5-8-13(11)19-9-4-3-7-14(19)15(17)20/h5-6,8,14,18H,2-4,7,9-10H2,1H3,(H2,17,20). The van der Waals surface area contributed by atoms with Crippen LogP contribution in [0.4, 0.5) is 10.1 Å². The zero-order valence-electron chi connectivity index (χ0n) is 11.9. The fraction of sp³-hybridized carbons (Fsp3) is 0.533. The highest BCUT2D eigenvalue weighted by Crippen LogP contribution is 2.29. The maximum Gasteiger partial charge on any atom is 0.240 e. The molecule has 1 fully saturated rings. The molecule has 4 nitrogen and oxygen atoms in total. The number of carbonyl (C=O) groups excluding carboxylic acids is 1. The molecule has 0 spiro atoms. The Bertz CT molecular complexity index is 478. The van der Waals surface area contributed by atoms with E-state index in [4.69, 9.17) is 5.73 Å². The summed E-state index contributed by atoms with van der Waals surface area (Å²) >= 11 is 0. The van der Waals surface area contributed by atoms with Gasteiger partial charge in [0.2, 0.25) is 5.91 Å². The number of anilines is 1. The number of nitrogens with zero attached hydrogens (tertiary/aromatic N) is 1. The second kappa shape index (κ2) is 6.70. The van der Waals surface area contributed by atoms with Gasteiger partial charge in [-0.2, -0.15) is 0 Å². The van der Waals surface area contributed by atoms with E-state index in [-0.39, 0.29) is 17.8 Å². The molecule has 1 amide bonds. The lowest BCUT2D eigenvalue weighted by Gasteiger charge is -2.36. The third kappa shape index (κ3) is 3.10. The van der Waals surface area contributed by atoms with Crippen molar-refractivity contribution in [2.24, 2.45) is 5.73 Å². The van der Waals surface area contributed by atoms with E-state index >= 15 is 0 Å². The van der Waals surface area contributed by atoms with Gasteiger partial charge in [-0.05, 0) is 37.9 Å². The lowest BCUT2D eigenvalue weighted by atomic mass is 9.99. The number of nitrogens with two attached hydrogens (primary N) is 1. The van der Waals surface area contributed by atoms with E-state index in [9.17, 15) is 9.18 Å². The summed E-state index contributed by atoms with van der Waals surface area (Å²) in [7, 11) is 0. The van der Waals surface area contributed by atoms with Gasteiger partial charge in [-0.25, -0.2) is 4.39 Å². The van der Waals surface area contributed by atoms with E-state index in [0.29, 0.717) is 12.1 Å². The van der Waals surface area contributed by atoms with E-state index in [0.717, 1.165) is 38.0 Å². The molecular formula is C15H22FN3O. The third-order valence-corrected chi connectivity index (χ3v) is 3.79. The molecule has 1 unspecified atom stereocenters. The molecule has 20 heavy (non-hydrogen) atoms. The quantitative estimate of drug-likeness (QED) is 0.864. The molecule has 1 saturated heterocycles. The third-order valence-electron chi connectivity index (χ3n) is 3.79. The predicted molar refractivity (Wildman–Crippen MR) is 78.0 cm³/mol. The van der Waals surface area contributed by atoms with Crippen LogP contribution in [0.3, 0.4) is 0 Å². The van der Waals surface area contributed by atoms with Gasteiger partial charge in [-0.1, -0.05) is 13.0 Å². The molecule has 0 saturated carbocycles. The van der Waals surface area contributed by atoms with Crippen LogP contribution in [-0.2, 0) is 11.3 Å². The van der Waals surface area contributed by atoms with Crippen LogP contribution < -0.4 is 16.0 Å². The number of halogens is 1. The van der Waals surface area contributed by atoms with Crippen molar-refractivity contribution >= 4 is 11.6 Å². The Morgan fingerprint density at radius 3 is 3.00 bits per heavy atom. The minimum absolute atomic E-state index is 0.239. The van der Waals surface area contributed by atoms with Crippen molar-refractivity contribution in [1.29, 1.82) is 0 Å². The number of amides is 1. The van der Waals surface area contributed by atoms with Crippen LogP contribution in [0.15, 0.2) is 18.2 Å². The highest BCUT2D eigenvalue weighted by molar-refractivity contribution is 5.84. The molecule has 1 aliphatic heterocycles. The fourth-order valence-corrected chi connectivity index (χ4v) is 2.76. The molecular weight excluding hydrogens is 257 g/mol. The largest absolute Gasteiger partial charge is 0.368 e. The molecule has 3 N–H and O–H groups in total. The summed E-state index contributed by atoms with van der Waals surface area (Å²) in [5.74, 6) is -0.569. The molecule has 2 rings (SSSR count). The monoisotopic (exact) mass is 279 g/mol. The van der Waals surface area contributed by atoms with Crippen LogP contribution in [0.25, 0.3) is 0 Å². The summed E-state index contributed by atoms with van der Waals surface area (Å²) in [5.41, 5.74) is 6.89. The Morgan fingerprint density at radius 1 is 1.50 bits per heavy atom. The molecule has 1 aromatic carbocycles. The van der Waals surface area contributed by atoms with Crippen molar-refractivity contribution in [3.05, 3.63) is 29.6 Å². The molecule has 1 atom stereocenters. The number of carbonyl (C=O) groups is 1. The van der Waals surface area contributed by atoms with Crippen LogP contribution in [0.5, 0.6) is 0 Å². The van der Waals surface area contributed by atoms with Crippen molar-refractivity contribution in [2.45, 2.75) is 38.8 Å². The van der Waals surface area contributed by atoms with Gasteiger partial charge in [0, 0.05) is 24.3 Å². The average Bonchev–Trinajstić information content (AvgIpc) is 2.45. The number of hydrogen-bond donors (Lipinski definition) is 2. The van der Waals surface area contributed by atoms with Crippen molar-refractivity contribution in [3.63, 3.8) is 0 Å². The zero-order chi connectivity index (χ0) is 14.5. The van der Waals surface area contributed by atoms with Gasteiger partial charge in [0.1, 0.15) is 11.9 Å². The van der Waals surface area contributed by atoms with Crippen LogP contribution in [-0.4, -0.2) is 25.0 Å². The van der Waals surface area contributed by atoms with Gasteiger partial charge in [0.05, 0.1) is 0 Å². The van der Waals surface area contributed by atoms with Gasteiger partial charge >= 0.3 is 0 Å². The van der Waals surface area contributed by atoms with Crippen molar-refractivity contribution in [1.82, 2.24) is 5.32 Å². The zero-order valence-corrected chi connectivity index (χ0v) is 11.9. The summed E-state index contributed by atoms with van der Waals surface area (Å²) in [4.78, 5) is 13.6. The molecule has 5 heteroatoms. The van der Waals surface area contributed by atoms with E-state index in [1.54, 1.807) is 6.07 Å². The summed E-state index contributed by atoms with van der Waals surface area (Å²) < 4.78 is 14.1. The lowest BCUT2D eigenvalue weighted by Crippen LogP contribution is -2.48. The summed E-state index contributed by atoms with van der Waals surface area (Å²) in [6.07, 6.45) is 2.73. The van der Waals surface area contributed by atoms with Crippen molar-refractivity contribution in [2.75, 3.05) is 18.0 Å². The Hall–Kier alpha value is -1.62. The SMILES string of the molecule is CCNCc1c(F)cccc1N1CCCCC1C(N)=O. The average molecular weight is 279 g/mol. The first kappa shape index (κ1) is 14.8. The highest BCUT2D eigenvalue weighted by atomic mass is 19.1. The number of hydrogen-bond acceptors (Lipinski definition) is 3. The highest BCUT2D eigenvalue weighted by Gasteiger charge is 2.29. The maximum absolute atomic E-state index is 14.1. The van der Waals surface area contributed by atoms with E-state index < -0.39 is 0 Å². The molecule has 0 bridgehead atoms. The van der Waals surface area contributed by atoms with Gasteiger partial charge in [0.25, 0.3) is 0 Å². The summed E-state index contributed by atoms with van der Waals surface area (Å²) in [6, 6.07) is 4.69. The van der Waals surface area contributed by atoms with Crippen LogP contribution >= 0.6 is 0 Å². The smallest absolute Gasteiger partial charge is 0.240 e. The Labute approximate surface area is 119 Å². The van der Waals surface area contributed by atoms with E-state index in [2.05, 4.69) is 5.32 Å². The molecule has 1 heterocycles. The van der Waals surface area contributed by atoms with Gasteiger partial charge in [0.15, 0.2) is 0 Å². The first-order valence-corrected chi connectivity index (χ1v) is 7.19.